The third-order valence-electron chi connectivity index (χ3n) is 3.41. The maximum atomic E-state index is 10.8. The molecule has 1 aromatic heterocycles. The molecule has 0 fully saturated rings. The maximum absolute atomic E-state index is 10.8. The molecule has 0 atom stereocenters. The van der Waals surface area contributed by atoms with Crippen LogP contribution in [0.15, 0.2) is 54.6 Å². The van der Waals surface area contributed by atoms with Gasteiger partial charge in [0, 0.05) is 11.6 Å². The van der Waals surface area contributed by atoms with E-state index in [2.05, 4.69) is 20.6 Å². The van der Waals surface area contributed by atoms with E-state index in [1.165, 1.54) is 0 Å². The normalized spacial score (nSPS) is 10.4. The lowest BCUT2D eigenvalue weighted by Crippen LogP contribution is -2.15. The van der Waals surface area contributed by atoms with Crippen LogP contribution in [0.25, 0.3) is 11.3 Å². The first-order chi connectivity index (χ1) is 12.5. The number of carboxylic acids is 1. The molecule has 0 amide bonds. The highest BCUT2D eigenvalue weighted by atomic mass is 35.5. The van der Waals surface area contributed by atoms with Gasteiger partial charge in [-0.3, -0.25) is 4.79 Å². The summed E-state index contributed by atoms with van der Waals surface area (Å²) in [6, 6.07) is 16.4. The number of rotatable bonds is 6. The lowest BCUT2D eigenvalue weighted by molar-refractivity contribution is -0.134. The number of carboxylic acid groups (broad SMARTS) is 1. The van der Waals surface area contributed by atoms with Gasteiger partial charge in [-0.25, -0.2) is 4.98 Å². The van der Waals surface area contributed by atoms with Crippen molar-refractivity contribution in [3.05, 3.63) is 64.6 Å². The van der Waals surface area contributed by atoms with Crippen LogP contribution >= 0.6 is 23.2 Å². The molecule has 8 heteroatoms. The second-order valence-electron chi connectivity index (χ2n) is 5.30. The van der Waals surface area contributed by atoms with E-state index < -0.39 is 5.97 Å². The molecule has 1 heterocycles. The molecule has 0 bridgehead atoms. The van der Waals surface area contributed by atoms with Crippen LogP contribution in [0.2, 0.25) is 10.0 Å². The van der Waals surface area contributed by atoms with Gasteiger partial charge in [0.25, 0.3) is 0 Å². The molecule has 0 aliphatic carbocycles. The van der Waals surface area contributed by atoms with Crippen LogP contribution in [0.5, 0.6) is 0 Å². The first-order valence-corrected chi connectivity index (χ1v) is 8.40. The lowest BCUT2D eigenvalue weighted by atomic mass is 10.1. The fourth-order valence-corrected chi connectivity index (χ4v) is 2.74. The largest absolute Gasteiger partial charge is 0.480 e. The first kappa shape index (κ1) is 18.0. The second kappa shape index (κ2) is 8.03. The molecule has 2 aromatic carbocycles. The summed E-state index contributed by atoms with van der Waals surface area (Å²) in [5.41, 5.74) is 2.00. The highest BCUT2D eigenvalue weighted by Gasteiger charge is 2.11. The van der Waals surface area contributed by atoms with Gasteiger partial charge < -0.3 is 15.7 Å². The fraction of sp³-hybridized carbons (Fsp3) is 0.0556. The van der Waals surface area contributed by atoms with E-state index in [1.807, 2.05) is 30.3 Å². The SMILES string of the molecule is O=C(O)CNc1nc(Nc2c(Cl)cccc2Cl)cc(-c2ccccc2)n1. The number of hydrogen-bond acceptors (Lipinski definition) is 5. The molecule has 0 saturated carbocycles. The van der Waals surface area contributed by atoms with Crippen molar-refractivity contribution in [1.82, 2.24) is 9.97 Å². The number of hydrogen-bond donors (Lipinski definition) is 3. The van der Waals surface area contributed by atoms with Crippen molar-refractivity contribution in [2.45, 2.75) is 0 Å². The van der Waals surface area contributed by atoms with Gasteiger partial charge in [-0.05, 0) is 12.1 Å². The standard InChI is InChI=1S/C18H14Cl2N4O2/c19-12-7-4-8-13(20)17(12)23-15-9-14(11-5-2-1-3-6-11)22-18(24-15)21-10-16(25)26/h1-9H,10H2,(H,25,26)(H2,21,22,23,24). The number of halogens is 2. The average molecular weight is 389 g/mol. The molecule has 0 radical (unpaired) electrons. The number of anilines is 3. The molecule has 0 aliphatic rings. The number of aromatic nitrogens is 2. The summed E-state index contributed by atoms with van der Waals surface area (Å²) in [6.45, 7) is -0.301. The Bertz CT molecular complexity index is 915. The number of aliphatic carboxylic acids is 1. The van der Waals surface area contributed by atoms with Gasteiger partial charge in [-0.15, -0.1) is 0 Å². The van der Waals surface area contributed by atoms with Gasteiger partial charge in [0.15, 0.2) is 0 Å². The first-order valence-electron chi connectivity index (χ1n) is 7.64. The zero-order valence-electron chi connectivity index (χ0n) is 13.4. The van der Waals surface area contributed by atoms with E-state index >= 15 is 0 Å². The van der Waals surface area contributed by atoms with Crippen molar-refractivity contribution < 1.29 is 9.90 Å². The zero-order valence-corrected chi connectivity index (χ0v) is 14.9. The Morgan fingerprint density at radius 2 is 1.69 bits per heavy atom. The summed E-state index contributed by atoms with van der Waals surface area (Å²) < 4.78 is 0. The van der Waals surface area contributed by atoms with E-state index in [-0.39, 0.29) is 12.5 Å². The molecule has 3 rings (SSSR count). The molecule has 3 N–H and O–H groups in total. The van der Waals surface area contributed by atoms with E-state index in [0.717, 1.165) is 5.56 Å². The Hall–Kier alpha value is -2.83. The molecular weight excluding hydrogens is 375 g/mol. The summed E-state index contributed by atoms with van der Waals surface area (Å²) in [4.78, 5) is 19.5. The van der Waals surface area contributed by atoms with Gasteiger partial charge in [0.05, 0.1) is 21.4 Å². The number of benzene rings is 2. The van der Waals surface area contributed by atoms with Crippen LogP contribution in [0, 0.1) is 0 Å². The lowest BCUT2D eigenvalue weighted by Gasteiger charge is -2.12. The van der Waals surface area contributed by atoms with Gasteiger partial charge in [0.1, 0.15) is 12.4 Å². The van der Waals surface area contributed by atoms with Crippen LogP contribution in [-0.4, -0.2) is 27.6 Å². The summed E-state index contributed by atoms with van der Waals surface area (Å²) in [6.07, 6.45) is 0. The molecule has 6 nitrogen and oxygen atoms in total. The molecule has 0 spiro atoms. The van der Waals surface area contributed by atoms with Crippen LogP contribution in [0.3, 0.4) is 0 Å². The number of nitrogens with one attached hydrogen (secondary N) is 2. The minimum atomic E-state index is -1.01. The summed E-state index contributed by atoms with van der Waals surface area (Å²) in [5.74, 6) is -0.399. The third kappa shape index (κ3) is 4.41. The monoisotopic (exact) mass is 388 g/mol. The summed E-state index contributed by atoms with van der Waals surface area (Å²) in [5, 5.41) is 15.5. The maximum Gasteiger partial charge on any atom is 0.322 e. The Balaban J connectivity index is 2.00. The Labute approximate surface area is 159 Å². The predicted molar refractivity (Wildman–Crippen MR) is 103 cm³/mol. The molecule has 0 unspecified atom stereocenters. The van der Waals surface area contributed by atoms with Crippen molar-refractivity contribution in [3.63, 3.8) is 0 Å². The predicted octanol–water partition coefficient (Wildman–Crippen LogP) is 4.69. The van der Waals surface area contributed by atoms with Gasteiger partial charge in [-0.2, -0.15) is 4.98 Å². The van der Waals surface area contributed by atoms with Crippen molar-refractivity contribution in [2.24, 2.45) is 0 Å². The number of nitrogens with zero attached hydrogens (tertiary/aromatic N) is 2. The molecule has 132 valence electrons. The van der Waals surface area contributed by atoms with Crippen molar-refractivity contribution in [2.75, 3.05) is 17.2 Å². The molecule has 3 aromatic rings. The molecular formula is C18H14Cl2N4O2. The Kier molecular flexibility index (Phi) is 5.55. The van der Waals surface area contributed by atoms with Crippen LogP contribution < -0.4 is 10.6 Å². The highest BCUT2D eigenvalue weighted by molar-refractivity contribution is 6.39. The quantitative estimate of drug-likeness (QED) is 0.567. The fourth-order valence-electron chi connectivity index (χ4n) is 2.25. The summed E-state index contributed by atoms with van der Waals surface area (Å²) in [7, 11) is 0. The van der Waals surface area contributed by atoms with Gasteiger partial charge in [-0.1, -0.05) is 59.6 Å². The van der Waals surface area contributed by atoms with Crippen molar-refractivity contribution in [1.29, 1.82) is 0 Å². The third-order valence-corrected chi connectivity index (χ3v) is 4.04. The number of carbonyl (C=O) groups is 1. The minimum absolute atomic E-state index is 0.180. The van der Waals surface area contributed by atoms with E-state index in [4.69, 9.17) is 28.3 Å². The Morgan fingerprint density at radius 3 is 2.35 bits per heavy atom. The number of para-hydroxylation sites is 1. The molecule has 0 aliphatic heterocycles. The van der Waals surface area contributed by atoms with Crippen LogP contribution in [0.1, 0.15) is 0 Å². The molecule has 0 saturated heterocycles. The minimum Gasteiger partial charge on any atom is -0.480 e. The Morgan fingerprint density at radius 1 is 1.00 bits per heavy atom. The smallest absolute Gasteiger partial charge is 0.322 e. The van der Waals surface area contributed by atoms with Crippen LogP contribution in [0.4, 0.5) is 17.5 Å². The highest BCUT2D eigenvalue weighted by Crippen LogP contribution is 2.33. The van der Waals surface area contributed by atoms with Gasteiger partial charge in [0.2, 0.25) is 5.95 Å². The average Bonchev–Trinajstić information content (AvgIpc) is 2.64. The second-order valence-corrected chi connectivity index (χ2v) is 6.11. The van der Waals surface area contributed by atoms with Crippen molar-refractivity contribution >= 4 is 46.6 Å². The molecule has 26 heavy (non-hydrogen) atoms. The van der Waals surface area contributed by atoms with Crippen molar-refractivity contribution in [3.8, 4) is 11.3 Å². The van der Waals surface area contributed by atoms with E-state index in [1.54, 1.807) is 24.3 Å². The van der Waals surface area contributed by atoms with Gasteiger partial charge >= 0.3 is 5.97 Å². The topological polar surface area (TPSA) is 87.1 Å². The van der Waals surface area contributed by atoms with E-state index in [9.17, 15) is 4.79 Å². The summed E-state index contributed by atoms with van der Waals surface area (Å²) >= 11 is 12.4. The zero-order chi connectivity index (χ0) is 18.5. The van der Waals surface area contributed by atoms with E-state index in [0.29, 0.717) is 27.2 Å². The van der Waals surface area contributed by atoms with Crippen LogP contribution in [-0.2, 0) is 4.79 Å².